The summed E-state index contributed by atoms with van der Waals surface area (Å²) in [6.45, 7) is 2.13. The largest absolute Gasteiger partial charge is 0.477 e. The van der Waals surface area contributed by atoms with E-state index in [0.29, 0.717) is 12.4 Å². The third-order valence-corrected chi connectivity index (χ3v) is 3.62. The Morgan fingerprint density at radius 2 is 2.12 bits per heavy atom. The van der Waals surface area contributed by atoms with E-state index in [9.17, 15) is 9.59 Å². The van der Waals surface area contributed by atoms with Gasteiger partial charge in [-0.25, -0.2) is 9.78 Å². The van der Waals surface area contributed by atoms with E-state index in [1.807, 2.05) is 6.07 Å². The number of carboxylic acid groups (broad SMARTS) is 1. The number of aromatic carboxylic acids is 1. The Hall–Kier alpha value is -1.91. The van der Waals surface area contributed by atoms with Crippen LogP contribution in [0.25, 0.3) is 0 Å². The van der Waals surface area contributed by atoms with Crippen molar-refractivity contribution in [2.75, 3.05) is 11.4 Å². The number of aromatic nitrogens is 1. The van der Waals surface area contributed by atoms with Crippen molar-refractivity contribution in [3.63, 3.8) is 0 Å². The smallest absolute Gasteiger partial charge is 0.354 e. The average Bonchev–Trinajstić information content (AvgIpc) is 2.97. The number of fused-ring (bicyclic) bond motifs is 2. The SMILES string of the molecule is CC(=O)N1CC2(CC2)c2ccc(C(=O)O)nc21. The minimum absolute atomic E-state index is 0.00676. The highest BCUT2D eigenvalue weighted by molar-refractivity contribution is 5.95. The topological polar surface area (TPSA) is 70.5 Å². The van der Waals surface area contributed by atoms with Crippen molar-refractivity contribution in [1.29, 1.82) is 0 Å². The number of amides is 1. The first-order valence-corrected chi connectivity index (χ1v) is 5.56. The van der Waals surface area contributed by atoms with Crippen LogP contribution in [0.5, 0.6) is 0 Å². The molecule has 88 valence electrons. The molecule has 5 nitrogen and oxygen atoms in total. The van der Waals surface area contributed by atoms with E-state index in [1.165, 1.54) is 13.0 Å². The quantitative estimate of drug-likeness (QED) is 0.789. The Balaban J connectivity index is 2.13. The molecular weight excluding hydrogens is 220 g/mol. The van der Waals surface area contributed by atoms with Crippen molar-refractivity contribution in [2.24, 2.45) is 0 Å². The summed E-state index contributed by atoms with van der Waals surface area (Å²) in [5.41, 5.74) is 1.08. The van der Waals surface area contributed by atoms with Gasteiger partial charge in [0.05, 0.1) is 0 Å². The first kappa shape index (κ1) is 10.3. The summed E-state index contributed by atoms with van der Waals surface area (Å²) in [6, 6.07) is 3.33. The summed E-state index contributed by atoms with van der Waals surface area (Å²) in [6.07, 6.45) is 2.11. The maximum atomic E-state index is 11.5. The minimum atomic E-state index is -1.06. The monoisotopic (exact) mass is 232 g/mol. The Bertz CT molecular complexity index is 535. The van der Waals surface area contributed by atoms with Gasteiger partial charge in [0.1, 0.15) is 5.82 Å². The Morgan fingerprint density at radius 3 is 2.65 bits per heavy atom. The number of carboxylic acids is 1. The van der Waals surface area contributed by atoms with Crippen molar-refractivity contribution in [1.82, 2.24) is 4.98 Å². The van der Waals surface area contributed by atoms with Crippen molar-refractivity contribution < 1.29 is 14.7 Å². The molecule has 5 heteroatoms. The van der Waals surface area contributed by atoms with Gasteiger partial charge in [-0.1, -0.05) is 6.07 Å². The van der Waals surface area contributed by atoms with Gasteiger partial charge in [-0.3, -0.25) is 9.69 Å². The van der Waals surface area contributed by atoms with Crippen LogP contribution in [0.2, 0.25) is 0 Å². The average molecular weight is 232 g/mol. The lowest BCUT2D eigenvalue weighted by molar-refractivity contribution is -0.116. The molecule has 1 spiro atoms. The van der Waals surface area contributed by atoms with Crippen molar-refractivity contribution in [3.05, 3.63) is 23.4 Å². The van der Waals surface area contributed by atoms with Gasteiger partial charge < -0.3 is 5.11 Å². The molecule has 17 heavy (non-hydrogen) atoms. The highest BCUT2D eigenvalue weighted by Crippen LogP contribution is 2.55. The maximum absolute atomic E-state index is 11.5. The molecule has 2 heterocycles. The molecule has 1 fully saturated rings. The molecule has 1 aromatic rings. The molecule has 1 aliphatic carbocycles. The molecule has 0 aromatic carbocycles. The fourth-order valence-electron chi connectivity index (χ4n) is 2.49. The third-order valence-electron chi connectivity index (χ3n) is 3.62. The third kappa shape index (κ3) is 1.35. The second kappa shape index (κ2) is 3.06. The first-order valence-electron chi connectivity index (χ1n) is 5.56. The zero-order chi connectivity index (χ0) is 12.2. The van der Waals surface area contributed by atoms with Gasteiger partial charge in [-0.2, -0.15) is 0 Å². The number of hydrogen-bond acceptors (Lipinski definition) is 3. The molecule has 0 bridgehead atoms. The van der Waals surface area contributed by atoms with Crippen LogP contribution in [-0.2, 0) is 10.2 Å². The van der Waals surface area contributed by atoms with E-state index in [2.05, 4.69) is 4.98 Å². The summed E-state index contributed by atoms with van der Waals surface area (Å²) in [5.74, 6) is -0.604. The van der Waals surface area contributed by atoms with Gasteiger partial charge >= 0.3 is 5.97 Å². The van der Waals surface area contributed by atoms with Gasteiger partial charge in [-0.15, -0.1) is 0 Å². The van der Waals surface area contributed by atoms with Crippen LogP contribution in [0, 0.1) is 0 Å². The molecule has 2 aliphatic rings. The number of carbonyl (C=O) groups is 2. The Kier molecular flexibility index (Phi) is 1.85. The van der Waals surface area contributed by atoms with Crippen molar-refractivity contribution in [2.45, 2.75) is 25.2 Å². The van der Waals surface area contributed by atoms with Crippen LogP contribution in [0.4, 0.5) is 5.82 Å². The molecule has 0 saturated heterocycles. The Morgan fingerprint density at radius 1 is 1.41 bits per heavy atom. The lowest BCUT2D eigenvalue weighted by Crippen LogP contribution is -2.29. The number of hydrogen-bond donors (Lipinski definition) is 1. The fraction of sp³-hybridized carbons (Fsp3) is 0.417. The fourth-order valence-corrected chi connectivity index (χ4v) is 2.49. The molecule has 1 saturated carbocycles. The highest BCUT2D eigenvalue weighted by atomic mass is 16.4. The van der Waals surface area contributed by atoms with Gasteiger partial charge in [0.25, 0.3) is 0 Å². The van der Waals surface area contributed by atoms with Gasteiger partial charge in [0.15, 0.2) is 5.69 Å². The van der Waals surface area contributed by atoms with E-state index >= 15 is 0 Å². The van der Waals surface area contributed by atoms with Crippen LogP contribution in [0.15, 0.2) is 12.1 Å². The molecule has 0 atom stereocenters. The second-order valence-electron chi connectivity index (χ2n) is 4.76. The molecule has 0 unspecified atom stereocenters. The van der Waals surface area contributed by atoms with Crippen LogP contribution in [0.1, 0.15) is 35.8 Å². The number of carbonyl (C=O) groups excluding carboxylic acids is 1. The predicted molar refractivity (Wildman–Crippen MR) is 60.1 cm³/mol. The summed E-state index contributed by atoms with van der Waals surface area (Å²) in [4.78, 5) is 28.1. The van der Waals surface area contributed by atoms with E-state index in [4.69, 9.17) is 5.11 Å². The maximum Gasteiger partial charge on any atom is 0.354 e. The molecule has 1 aromatic heterocycles. The van der Waals surface area contributed by atoms with E-state index in [0.717, 1.165) is 18.4 Å². The molecule has 0 radical (unpaired) electrons. The van der Waals surface area contributed by atoms with Gasteiger partial charge in [-0.05, 0) is 18.9 Å². The van der Waals surface area contributed by atoms with Crippen LogP contribution >= 0.6 is 0 Å². The number of rotatable bonds is 1. The number of pyridine rings is 1. The summed E-state index contributed by atoms with van der Waals surface area (Å²) in [5, 5.41) is 8.92. The van der Waals surface area contributed by atoms with E-state index < -0.39 is 5.97 Å². The lowest BCUT2D eigenvalue weighted by atomic mass is 10.0. The van der Waals surface area contributed by atoms with Gasteiger partial charge in [0.2, 0.25) is 5.91 Å². The van der Waals surface area contributed by atoms with Crippen molar-refractivity contribution >= 4 is 17.7 Å². The van der Waals surface area contributed by atoms with Gasteiger partial charge in [0, 0.05) is 24.4 Å². The van der Waals surface area contributed by atoms with E-state index in [1.54, 1.807) is 4.90 Å². The van der Waals surface area contributed by atoms with Crippen LogP contribution in [0.3, 0.4) is 0 Å². The summed E-state index contributed by atoms with van der Waals surface area (Å²) in [7, 11) is 0. The number of nitrogens with zero attached hydrogens (tertiary/aromatic N) is 2. The normalized spacial score (nSPS) is 19.2. The van der Waals surface area contributed by atoms with Crippen LogP contribution < -0.4 is 4.90 Å². The molecule has 3 rings (SSSR count). The van der Waals surface area contributed by atoms with E-state index in [-0.39, 0.29) is 17.0 Å². The lowest BCUT2D eigenvalue weighted by Gasteiger charge is -2.13. The summed E-state index contributed by atoms with van der Waals surface area (Å²) >= 11 is 0. The van der Waals surface area contributed by atoms with Crippen molar-refractivity contribution in [3.8, 4) is 0 Å². The standard InChI is InChI=1S/C12H12N2O3/c1-7(15)14-6-12(4-5-12)8-2-3-9(11(16)17)13-10(8)14/h2-3H,4-6H2,1H3,(H,16,17). The molecule has 1 amide bonds. The van der Waals surface area contributed by atoms with Crippen LogP contribution in [-0.4, -0.2) is 28.5 Å². The first-order chi connectivity index (χ1) is 8.03. The summed E-state index contributed by atoms with van der Waals surface area (Å²) < 4.78 is 0. The molecule has 1 N–H and O–H groups in total. The predicted octanol–water partition coefficient (Wildman–Crippen LogP) is 1.18. The molecule has 1 aliphatic heterocycles. The molecular formula is C12H12N2O3. The zero-order valence-electron chi connectivity index (χ0n) is 9.43. The minimum Gasteiger partial charge on any atom is -0.477 e. The number of anilines is 1. The zero-order valence-corrected chi connectivity index (χ0v) is 9.43. The Labute approximate surface area is 98.1 Å². The second-order valence-corrected chi connectivity index (χ2v) is 4.76. The highest BCUT2D eigenvalue weighted by Gasteiger charge is 2.53.